The summed E-state index contributed by atoms with van der Waals surface area (Å²) < 4.78 is 4.92. The van der Waals surface area contributed by atoms with E-state index < -0.39 is 11.9 Å². The lowest BCUT2D eigenvalue weighted by Gasteiger charge is -2.19. The monoisotopic (exact) mass is 389 g/mol. The number of carbonyl (C=O) groups is 3. The summed E-state index contributed by atoms with van der Waals surface area (Å²) in [4.78, 5) is 37.6. The first-order chi connectivity index (χ1) is 13.3. The summed E-state index contributed by atoms with van der Waals surface area (Å²) in [7, 11) is 0. The molecule has 7 nitrogen and oxygen atoms in total. The van der Waals surface area contributed by atoms with Gasteiger partial charge in [0.1, 0.15) is 6.54 Å². The molecule has 0 saturated carbocycles. The van der Waals surface area contributed by atoms with Crippen molar-refractivity contribution in [1.29, 1.82) is 0 Å². The van der Waals surface area contributed by atoms with Gasteiger partial charge in [0, 0.05) is 30.9 Å². The number of nitrogens with zero attached hydrogens (tertiary/aromatic N) is 1. The van der Waals surface area contributed by atoms with Crippen molar-refractivity contribution in [3.63, 3.8) is 0 Å². The quantitative estimate of drug-likeness (QED) is 0.634. The molecule has 154 valence electrons. The van der Waals surface area contributed by atoms with Crippen LogP contribution in [0.5, 0.6) is 0 Å². The van der Waals surface area contributed by atoms with E-state index in [9.17, 15) is 14.4 Å². The van der Waals surface area contributed by atoms with Crippen LogP contribution in [0.25, 0.3) is 0 Å². The lowest BCUT2D eigenvalue weighted by Crippen LogP contribution is -2.32. The number of nitrogens with one attached hydrogen (secondary N) is 2. The second kappa shape index (κ2) is 10.7. The van der Waals surface area contributed by atoms with Crippen molar-refractivity contribution in [3.8, 4) is 0 Å². The van der Waals surface area contributed by atoms with Crippen LogP contribution >= 0.6 is 0 Å². The molecule has 0 atom stereocenters. The van der Waals surface area contributed by atoms with Crippen LogP contribution in [0.3, 0.4) is 0 Å². The molecular formula is C21H31N3O4. The Kier molecular flexibility index (Phi) is 8.29. The molecule has 0 aliphatic carbocycles. The van der Waals surface area contributed by atoms with Crippen molar-refractivity contribution < 1.29 is 19.1 Å². The van der Waals surface area contributed by atoms with Gasteiger partial charge >= 0.3 is 5.97 Å². The van der Waals surface area contributed by atoms with Gasteiger partial charge in [-0.1, -0.05) is 13.8 Å². The van der Waals surface area contributed by atoms with Gasteiger partial charge in [0.25, 0.3) is 5.91 Å². The van der Waals surface area contributed by atoms with E-state index in [2.05, 4.69) is 21.6 Å². The molecule has 1 heterocycles. The predicted molar refractivity (Wildman–Crippen MR) is 109 cm³/mol. The molecule has 0 aromatic heterocycles. The molecule has 28 heavy (non-hydrogen) atoms. The summed E-state index contributed by atoms with van der Waals surface area (Å²) in [5.74, 6) is -0.802. The fraction of sp³-hybridized carbons (Fsp3) is 0.571. The van der Waals surface area contributed by atoms with E-state index >= 15 is 0 Å². The Bertz CT molecular complexity index is 697. The summed E-state index contributed by atoms with van der Waals surface area (Å²) >= 11 is 0. The molecule has 1 aromatic rings. The zero-order chi connectivity index (χ0) is 20.5. The van der Waals surface area contributed by atoms with Crippen molar-refractivity contribution in [2.45, 2.75) is 46.5 Å². The summed E-state index contributed by atoms with van der Waals surface area (Å²) in [5.41, 5.74) is 2.82. The zero-order valence-electron chi connectivity index (χ0n) is 17.0. The third-order valence-electron chi connectivity index (χ3n) is 4.70. The highest BCUT2D eigenvalue weighted by Crippen LogP contribution is 2.25. The van der Waals surface area contributed by atoms with E-state index in [1.54, 1.807) is 0 Å². The zero-order valence-corrected chi connectivity index (χ0v) is 17.0. The van der Waals surface area contributed by atoms with Crippen LogP contribution in [0.1, 0.15) is 45.1 Å². The summed E-state index contributed by atoms with van der Waals surface area (Å²) in [6.07, 6.45) is 3.56. The Labute approximate surface area is 166 Å². The second-order valence-electron chi connectivity index (χ2n) is 7.61. The molecule has 0 unspecified atom stereocenters. The Hall–Kier alpha value is -2.57. The van der Waals surface area contributed by atoms with E-state index in [0.717, 1.165) is 30.8 Å². The standard InChI is InChI=1S/C21H31N3O4/c1-15(2)6-9-19(25)22-13-21(27)28-14-20(26)23-18-8-7-17(12-16(18)3)24-10-4-5-11-24/h7-8,12,15H,4-6,9-11,13-14H2,1-3H3,(H,22,25)(H,23,26). The van der Waals surface area contributed by atoms with Crippen molar-refractivity contribution in [3.05, 3.63) is 23.8 Å². The molecular weight excluding hydrogens is 358 g/mol. The summed E-state index contributed by atoms with van der Waals surface area (Å²) in [6, 6.07) is 5.92. The van der Waals surface area contributed by atoms with Crippen LogP contribution in [0.2, 0.25) is 0 Å². The Morgan fingerprint density at radius 1 is 1.14 bits per heavy atom. The number of aryl methyl sites for hydroxylation is 1. The molecule has 1 fully saturated rings. The van der Waals surface area contributed by atoms with Crippen molar-refractivity contribution in [1.82, 2.24) is 5.32 Å². The van der Waals surface area contributed by atoms with E-state index in [1.807, 2.05) is 32.9 Å². The van der Waals surface area contributed by atoms with E-state index in [-0.39, 0.29) is 19.1 Å². The van der Waals surface area contributed by atoms with Crippen LogP contribution < -0.4 is 15.5 Å². The highest BCUT2D eigenvalue weighted by Gasteiger charge is 2.14. The normalized spacial score (nSPS) is 13.5. The fourth-order valence-corrected chi connectivity index (χ4v) is 3.02. The molecule has 7 heteroatoms. The molecule has 0 spiro atoms. The average Bonchev–Trinajstić information content (AvgIpc) is 3.19. The van der Waals surface area contributed by atoms with Gasteiger partial charge in [-0.3, -0.25) is 14.4 Å². The molecule has 2 amide bonds. The molecule has 1 aliphatic heterocycles. The minimum absolute atomic E-state index is 0.191. The fourth-order valence-electron chi connectivity index (χ4n) is 3.02. The number of esters is 1. The van der Waals surface area contributed by atoms with Gasteiger partial charge in [0.15, 0.2) is 6.61 Å². The Morgan fingerprint density at radius 3 is 2.50 bits per heavy atom. The number of benzene rings is 1. The van der Waals surface area contributed by atoms with Gasteiger partial charge in [-0.05, 0) is 55.9 Å². The molecule has 1 saturated heterocycles. The number of hydrogen-bond acceptors (Lipinski definition) is 5. The van der Waals surface area contributed by atoms with Gasteiger partial charge in [-0.25, -0.2) is 0 Å². The lowest BCUT2D eigenvalue weighted by atomic mass is 10.1. The third-order valence-corrected chi connectivity index (χ3v) is 4.70. The predicted octanol–water partition coefficient (Wildman–Crippen LogP) is 2.63. The smallest absolute Gasteiger partial charge is 0.325 e. The van der Waals surface area contributed by atoms with E-state index in [1.165, 1.54) is 12.8 Å². The van der Waals surface area contributed by atoms with Gasteiger partial charge in [-0.15, -0.1) is 0 Å². The molecule has 2 N–H and O–H groups in total. The SMILES string of the molecule is Cc1cc(N2CCCC2)ccc1NC(=O)COC(=O)CNC(=O)CCC(C)C. The highest BCUT2D eigenvalue weighted by molar-refractivity contribution is 5.94. The van der Waals surface area contributed by atoms with E-state index in [0.29, 0.717) is 18.0 Å². The van der Waals surface area contributed by atoms with Crippen molar-refractivity contribution >= 4 is 29.2 Å². The van der Waals surface area contributed by atoms with Crippen LogP contribution in [0.15, 0.2) is 18.2 Å². The Balaban J connectivity index is 1.71. The molecule has 1 aliphatic rings. The third kappa shape index (κ3) is 7.21. The average molecular weight is 389 g/mol. The van der Waals surface area contributed by atoms with Gasteiger partial charge < -0.3 is 20.3 Å². The molecule has 1 aromatic carbocycles. The molecule has 0 radical (unpaired) electrons. The summed E-state index contributed by atoms with van der Waals surface area (Å²) in [6.45, 7) is 7.52. The minimum Gasteiger partial charge on any atom is -0.454 e. The topological polar surface area (TPSA) is 87.7 Å². The first-order valence-electron chi connectivity index (χ1n) is 9.93. The van der Waals surface area contributed by atoms with Crippen molar-refractivity contribution in [2.75, 3.05) is 36.5 Å². The van der Waals surface area contributed by atoms with Crippen LogP contribution in [0, 0.1) is 12.8 Å². The van der Waals surface area contributed by atoms with E-state index in [4.69, 9.17) is 4.74 Å². The minimum atomic E-state index is -0.630. The lowest BCUT2D eigenvalue weighted by molar-refractivity contribution is -0.147. The van der Waals surface area contributed by atoms with Gasteiger partial charge in [-0.2, -0.15) is 0 Å². The van der Waals surface area contributed by atoms with Gasteiger partial charge in [0.05, 0.1) is 0 Å². The first kappa shape index (κ1) is 21.7. The van der Waals surface area contributed by atoms with Gasteiger partial charge in [0.2, 0.25) is 5.91 Å². The summed E-state index contributed by atoms with van der Waals surface area (Å²) in [5, 5.41) is 5.26. The number of ether oxygens (including phenoxy) is 1. The van der Waals surface area contributed by atoms with Crippen LogP contribution in [-0.2, 0) is 19.1 Å². The number of anilines is 2. The first-order valence-corrected chi connectivity index (χ1v) is 9.93. The number of hydrogen-bond donors (Lipinski definition) is 2. The Morgan fingerprint density at radius 2 is 1.86 bits per heavy atom. The number of carbonyl (C=O) groups excluding carboxylic acids is 3. The van der Waals surface area contributed by atoms with Crippen LogP contribution in [0.4, 0.5) is 11.4 Å². The van der Waals surface area contributed by atoms with Crippen molar-refractivity contribution in [2.24, 2.45) is 5.92 Å². The highest BCUT2D eigenvalue weighted by atomic mass is 16.5. The number of rotatable bonds is 9. The molecule has 2 rings (SSSR count). The second-order valence-corrected chi connectivity index (χ2v) is 7.61. The maximum absolute atomic E-state index is 12.0. The molecule has 0 bridgehead atoms. The maximum atomic E-state index is 12.0. The largest absolute Gasteiger partial charge is 0.454 e. The number of amides is 2. The maximum Gasteiger partial charge on any atom is 0.325 e. The van der Waals surface area contributed by atoms with Crippen LogP contribution in [-0.4, -0.2) is 44.0 Å².